The molecule has 9 heavy (non-hydrogen) atoms. The molecule has 2 N–H and O–H groups in total. The summed E-state index contributed by atoms with van der Waals surface area (Å²) in [6.45, 7) is 2.14. The molecule has 0 bridgehead atoms. The average Bonchev–Trinajstić information content (AvgIpc) is 1.89. The summed E-state index contributed by atoms with van der Waals surface area (Å²) in [7, 11) is 2.09. The van der Waals surface area contributed by atoms with Crippen LogP contribution in [0.5, 0.6) is 0 Å². The lowest BCUT2D eigenvalue weighted by atomic mass is 10.6. The van der Waals surface area contributed by atoms with Gasteiger partial charge in [-0.05, 0) is 20.1 Å². The van der Waals surface area contributed by atoms with Crippen LogP contribution >= 0.6 is 11.1 Å². The standard InChI is InChI=1S/C5H15ClN2Si/c1-4-5-9(6,7-2)8-3/h7-8H,4-5H2,1-3H3. The van der Waals surface area contributed by atoms with Crippen LogP contribution in [0.3, 0.4) is 0 Å². The molecular formula is C5H15ClN2Si. The van der Waals surface area contributed by atoms with Crippen LogP contribution in [0.1, 0.15) is 13.3 Å². The molecule has 0 aliphatic carbocycles. The summed E-state index contributed by atoms with van der Waals surface area (Å²) in [4.78, 5) is 6.24. The maximum atomic E-state index is 6.12. The van der Waals surface area contributed by atoms with Crippen molar-refractivity contribution in [2.45, 2.75) is 19.4 Å². The van der Waals surface area contributed by atoms with Gasteiger partial charge in [0.2, 0.25) is 0 Å². The van der Waals surface area contributed by atoms with Crippen LogP contribution in [0.25, 0.3) is 0 Å². The second kappa shape index (κ2) is 4.28. The molecule has 56 valence electrons. The zero-order valence-corrected chi connectivity index (χ0v) is 8.05. The first-order chi connectivity index (χ1) is 4.18. The Labute approximate surface area is 62.8 Å². The second-order valence-corrected chi connectivity index (χ2v) is 7.09. The number of rotatable bonds is 4. The van der Waals surface area contributed by atoms with Crippen LogP contribution in [0, 0.1) is 0 Å². The third-order valence-corrected chi connectivity index (χ3v) is 5.86. The Hall–Kier alpha value is 0.427. The zero-order valence-electron chi connectivity index (χ0n) is 6.29. The summed E-state index contributed by atoms with van der Waals surface area (Å²) >= 11 is 6.12. The van der Waals surface area contributed by atoms with Crippen molar-refractivity contribution in [3.8, 4) is 0 Å². The van der Waals surface area contributed by atoms with Crippen molar-refractivity contribution in [3.63, 3.8) is 0 Å². The molecule has 0 heterocycles. The zero-order chi connectivity index (χ0) is 7.33. The van der Waals surface area contributed by atoms with E-state index in [1.807, 2.05) is 14.1 Å². The van der Waals surface area contributed by atoms with Gasteiger partial charge < -0.3 is 9.96 Å². The Balaban J connectivity index is 3.62. The van der Waals surface area contributed by atoms with Gasteiger partial charge in [-0.25, -0.2) is 0 Å². The van der Waals surface area contributed by atoms with Gasteiger partial charge in [0.25, 0.3) is 0 Å². The molecule has 4 heteroatoms. The van der Waals surface area contributed by atoms with E-state index in [4.69, 9.17) is 11.1 Å². The highest BCUT2D eigenvalue weighted by atomic mass is 35.6. The van der Waals surface area contributed by atoms with E-state index in [0.29, 0.717) is 0 Å². The lowest BCUT2D eigenvalue weighted by Gasteiger charge is -2.20. The molecule has 0 fully saturated rings. The highest BCUT2D eigenvalue weighted by molar-refractivity contribution is 7.17. The minimum atomic E-state index is -1.73. The van der Waals surface area contributed by atoms with Crippen molar-refractivity contribution in [1.29, 1.82) is 0 Å². The molecule has 0 spiro atoms. The third-order valence-electron chi connectivity index (χ3n) is 1.39. The topological polar surface area (TPSA) is 24.1 Å². The predicted octanol–water partition coefficient (Wildman–Crippen LogP) is 1.01. The van der Waals surface area contributed by atoms with Gasteiger partial charge in [0.05, 0.1) is 0 Å². The maximum Gasteiger partial charge on any atom is 0.301 e. The van der Waals surface area contributed by atoms with Crippen LogP contribution < -0.4 is 9.96 Å². The van der Waals surface area contributed by atoms with E-state index in [1.165, 1.54) is 0 Å². The van der Waals surface area contributed by atoms with Gasteiger partial charge in [-0.3, -0.25) is 0 Å². The summed E-state index contributed by atoms with van der Waals surface area (Å²) in [5.41, 5.74) is 0. The van der Waals surface area contributed by atoms with E-state index < -0.39 is 7.71 Å². The van der Waals surface area contributed by atoms with E-state index in [1.54, 1.807) is 0 Å². The first-order valence-electron chi connectivity index (χ1n) is 3.25. The highest BCUT2D eigenvalue weighted by Crippen LogP contribution is 2.07. The number of nitrogens with one attached hydrogen (secondary N) is 2. The maximum absolute atomic E-state index is 6.12. The lowest BCUT2D eigenvalue weighted by molar-refractivity contribution is 0.955. The fourth-order valence-corrected chi connectivity index (χ4v) is 2.73. The van der Waals surface area contributed by atoms with E-state index >= 15 is 0 Å². The van der Waals surface area contributed by atoms with Gasteiger partial charge in [-0.1, -0.05) is 13.3 Å². The Morgan fingerprint density at radius 2 is 1.78 bits per heavy atom. The first-order valence-corrected chi connectivity index (χ1v) is 6.47. The Morgan fingerprint density at radius 3 is 1.89 bits per heavy atom. The SMILES string of the molecule is CCC[Si](Cl)(NC)NC. The quantitative estimate of drug-likeness (QED) is 0.482. The summed E-state index contributed by atoms with van der Waals surface area (Å²) < 4.78 is 0. The van der Waals surface area contributed by atoms with Gasteiger partial charge in [0.15, 0.2) is 0 Å². The van der Waals surface area contributed by atoms with Crippen molar-refractivity contribution in [2.75, 3.05) is 14.1 Å². The smallest absolute Gasteiger partial charge is 0.301 e. The van der Waals surface area contributed by atoms with Crippen molar-refractivity contribution in [3.05, 3.63) is 0 Å². The van der Waals surface area contributed by atoms with Crippen molar-refractivity contribution >= 4 is 18.8 Å². The molecule has 0 amide bonds. The molecule has 0 radical (unpaired) electrons. The summed E-state index contributed by atoms with van der Waals surface area (Å²) in [6, 6.07) is 1.07. The van der Waals surface area contributed by atoms with E-state index in [-0.39, 0.29) is 0 Å². The van der Waals surface area contributed by atoms with Gasteiger partial charge in [0, 0.05) is 0 Å². The molecule has 0 aliphatic heterocycles. The van der Waals surface area contributed by atoms with Gasteiger partial charge in [-0.2, -0.15) is 0 Å². The van der Waals surface area contributed by atoms with Crippen LogP contribution in [-0.4, -0.2) is 21.8 Å². The highest BCUT2D eigenvalue weighted by Gasteiger charge is 2.25. The number of hydrogen-bond acceptors (Lipinski definition) is 2. The fourth-order valence-electron chi connectivity index (χ4n) is 0.719. The first kappa shape index (κ1) is 9.43. The van der Waals surface area contributed by atoms with Gasteiger partial charge >= 0.3 is 7.71 Å². The molecule has 0 aromatic heterocycles. The van der Waals surface area contributed by atoms with Crippen molar-refractivity contribution < 1.29 is 0 Å². The van der Waals surface area contributed by atoms with Crippen LogP contribution in [0.15, 0.2) is 0 Å². The van der Waals surface area contributed by atoms with Crippen LogP contribution in [0.4, 0.5) is 0 Å². The van der Waals surface area contributed by atoms with E-state index in [0.717, 1.165) is 12.5 Å². The Kier molecular flexibility index (Phi) is 4.48. The predicted molar refractivity (Wildman–Crippen MR) is 44.8 cm³/mol. The molecule has 0 aromatic carbocycles. The molecular weight excluding hydrogens is 152 g/mol. The summed E-state index contributed by atoms with van der Waals surface area (Å²) in [5.74, 6) is 0. The molecule has 2 nitrogen and oxygen atoms in total. The van der Waals surface area contributed by atoms with Gasteiger partial charge in [0.1, 0.15) is 0 Å². The Morgan fingerprint density at radius 1 is 1.33 bits per heavy atom. The monoisotopic (exact) mass is 166 g/mol. The van der Waals surface area contributed by atoms with E-state index in [2.05, 4.69) is 16.9 Å². The molecule has 0 saturated heterocycles. The van der Waals surface area contributed by atoms with Crippen molar-refractivity contribution in [1.82, 2.24) is 9.96 Å². The summed E-state index contributed by atoms with van der Waals surface area (Å²) in [5, 5.41) is 0. The normalized spacial score (nSPS) is 12.0. The Bertz CT molecular complexity index is 75.4. The molecule has 0 saturated carbocycles. The minimum absolute atomic E-state index is 1.07. The number of halogens is 1. The molecule has 0 rings (SSSR count). The molecule has 0 unspecified atom stereocenters. The molecule has 0 atom stereocenters. The van der Waals surface area contributed by atoms with Crippen molar-refractivity contribution in [2.24, 2.45) is 0 Å². The van der Waals surface area contributed by atoms with Crippen LogP contribution in [-0.2, 0) is 0 Å². The average molecular weight is 167 g/mol. The molecule has 0 aliphatic rings. The largest absolute Gasteiger partial charge is 0.316 e. The minimum Gasteiger partial charge on any atom is -0.316 e. The second-order valence-electron chi connectivity index (χ2n) is 2.05. The van der Waals surface area contributed by atoms with Crippen LogP contribution in [0.2, 0.25) is 6.04 Å². The number of hydrogen-bond donors (Lipinski definition) is 2. The third kappa shape index (κ3) is 3.20. The van der Waals surface area contributed by atoms with E-state index in [9.17, 15) is 0 Å². The molecule has 0 aromatic rings. The van der Waals surface area contributed by atoms with Gasteiger partial charge in [-0.15, -0.1) is 11.1 Å². The summed E-state index contributed by atoms with van der Waals surface area (Å²) in [6.07, 6.45) is 1.14. The fraction of sp³-hybridized carbons (Fsp3) is 1.00. The lowest BCUT2D eigenvalue weighted by Crippen LogP contribution is -2.54.